The number of hydrogen-bond donors (Lipinski definition) is 0. The van der Waals surface area contributed by atoms with Gasteiger partial charge in [0.25, 0.3) is 5.89 Å². The Labute approximate surface area is 136 Å². The Morgan fingerprint density at radius 1 is 1.26 bits per heavy atom. The molecule has 0 N–H and O–H groups in total. The fourth-order valence-electron chi connectivity index (χ4n) is 3.17. The van der Waals surface area contributed by atoms with Crippen molar-refractivity contribution in [1.82, 2.24) is 20.1 Å². The lowest BCUT2D eigenvalue weighted by molar-refractivity contribution is 0.0193. The van der Waals surface area contributed by atoms with Crippen LogP contribution in [-0.2, 0) is 4.74 Å². The van der Waals surface area contributed by atoms with E-state index in [2.05, 4.69) is 54.7 Å². The first-order valence-electron chi connectivity index (χ1n) is 8.13. The predicted octanol–water partition coefficient (Wildman–Crippen LogP) is 3.57. The quantitative estimate of drug-likeness (QED) is 0.862. The number of ether oxygens (including phenoxy) is 1. The Morgan fingerprint density at radius 2 is 2.04 bits per heavy atom. The minimum absolute atomic E-state index is 0.0426. The van der Waals surface area contributed by atoms with E-state index in [4.69, 9.17) is 9.26 Å². The number of nitrogens with zero attached hydrogens (tertiary/aromatic N) is 4. The molecule has 1 fully saturated rings. The molecule has 6 nitrogen and oxygen atoms in total. The normalized spacial score (nSPS) is 22.0. The molecule has 124 valence electrons. The molecular weight excluding hydrogens is 292 g/mol. The minimum atomic E-state index is 0.0426. The van der Waals surface area contributed by atoms with Crippen LogP contribution in [-0.4, -0.2) is 32.8 Å². The molecule has 0 bridgehead atoms. The van der Waals surface area contributed by atoms with E-state index in [1.165, 1.54) is 0 Å². The molecular formula is C17H24N4O2. The Bertz CT molecular complexity index is 675. The average Bonchev–Trinajstić information content (AvgIpc) is 3.15. The lowest BCUT2D eigenvalue weighted by atomic mass is 9.81. The van der Waals surface area contributed by atoms with Crippen molar-refractivity contribution in [3.8, 4) is 11.5 Å². The summed E-state index contributed by atoms with van der Waals surface area (Å²) in [6.45, 7) is 11.5. The average molecular weight is 316 g/mol. The van der Waals surface area contributed by atoms with Gasteiger partial charge in [0.15, 0.2) is 5.82 Å². The van der Waals surface area contributed by atoms with Gasteiger partial charge >= 0.3 is 0 Å². The smallest absolute Gasteiger partial charge is 0.261 e. The number of hydrogen-bond acceptors (Lipinski definition) is 6. The van der Waals surface area contributed by atoms with Crippen LogP contribution in [0.1, 0.15) is 64.4 Å². The molecule has 23 heavy (non-hydrogen) atoms. The molecule has 0 unspecified atom stereocenters. The van der Waals surface area contributed by atoms with Gasteiger partial charge in [0.05, 0.1) is 23.3 Å². The van der Waals surface area contributed by atoms with Crippen molar-refractivity contribution in [2.45, 2.75) is 59.0 Å². The SMILES string of the molecule is CC(C)c1ncncc1-c1nc([C@@H]2CCO[C@H]2C(C)(C)C)no1. The van der Waals surface area contributed by atoms with E-state index in [9.17, 15) is 0 Å². The Kier molecular flexibility index (Phi) is 4.19. The van der Waals surface area contributed by atoms with Crippen LogP contribution in [0.3, 0.4) is 0 Å². The van der Waals surface area contributed by atoms with E-state index in [0.29, 0.717) is 5.89 Å². The fourth-order valence-corrected chi connectivity index (χ4v) is 3.17. The van der Waals surface area contributed by atoms with Crippen molar-refractivity contribution in [3.05, 3.63) is 24.0 Å². The first kappa shape index (κ1) is 16.1. The largest absolute Gasteiger partial charge is 0.377 e. The van der Waals surface area contributed by atoms with Crippen LogP contribution in [0, 0.1) is 5.41 Å². The summed E-state index contributed by atoms with van der Waals surface area (Å²) in [5, 5.41) is 4.22. The van der Waals surface area contributed by atoms with Crippen LogP contribution in [0.4, 0.5) is 0 Å². The Hall–Kier alpha value is -1.82. The third-order valence-electron chi connectivity index (χ3n) is 4.24. The fraction of sp³-hybridized carbons (Fsp3) is 0.647. The first-order chi connectivity index (χ1) is 10.9. The molecule has 2 aromatic rings. The van der Waals surface area contributed by atoms with Crippen molar-refractivity contribution >= 4 is 0 Å². The molecule has 1 saturated heterocycles. The van der Waals surface area contributed by atoms with Gasteiger partial charge in [0.1, 0.15) is 6.33 Å². The van der Waals surface area contributed by atoms with Crippen molar-refractivity contribution in [3.63, 3.8) is 0 Å². The van der Waals surface area contributed by atoms with Crippen molar-refractivity contribution in [2.24, 2.45) is 5.41 Å². The maximum absolute atomic E-state index is 5.91. The van der Waals surface area contributed by atoms with Crippen LogP contribution in [0.25, 0.3) is 11.5 Å². The van der Waals surface area contributed by atoms with Crippen LogP contribution in [0.15, 0.2) is 17.0 Å². The Balaban J connectivity index is 1.93. The van der Waals surface area contributed by atoms with Gasteiger partial charge in [-0.25, -0.2) is 9.97 Å². The summed E-state index contributed by atoms with van der Waals surface area (Å²) < 4.78 is 11.4. The van der Waals surface area contributed by atoms with Gasteiger partial charge in [0, 0.05) is 12.8 Å². The second-order valence-electron chi connectivity index (χ2n) is 7.49. The van der Waals surface area contributed by atoms with E-state index in [-0.39, 0.29) is 23.4 Å². The van der Waals surface area contributed by atoms with Gasteiger partial charge in [-0.3, -0.25) is 0 Å². The van der Waals surface area contributed by atoms with E-state index in [1.807, 2.05) is 0 Å². The van der Waals surface area contributed by atoms with Crippen LogP contribution in [0.5, 0.6) is 0 Å². The van der Waals surface area contributed by atoms with Crippen molar-refractivity contribution < 1.29 is 9.26 Å². The molecule has 3 rings (SSSR count). The van der Waals surface area contributed by atoms with Crippen molar-refractivity contribution in [2.75, 3.05) is 6.61 Å². The highest BCUT2D eigenvalue weighted by atomic mass is 16.5. The number of aromatic nitrogens is 4. The van der Waals surface area contributed by atoms with Gasteiger partial charge in [-0.15, -0.1) is 0 Å². The zero-order valence-corrected chi connectivity index (χ0v) is 14.4. The van der Waals surface area contributed by atoms with Gasteiger partial charge in [-0.2, -0.15) is 4.98 Å². The molecule has 2 atom stereocenters. The summed E-state index contributed by atoms with van der Waals surface area (Å²) in [7, 11) is 0. The summed E-state index contributed by atoms with van der Waals surface area (Å²) in [5.41, 5.74) is 1.78. The summed E-state index contributed by atoms with van der Waals surface area (Å²) in [4.78, 5) is 13.1. The predicted molar refractivity (Wildman–Crippen MR) is 86.0 cm³/mol. The summed E-state index contributed by atoms with van der Waals surface area (Å²) >= 11 is 0. The maximum atomic E-state index is 5.91. The highest BCUT2D eigenvalue weighted by molar-refractivity contribution is 5.55. The second-order valence-corrected chi connectivity index (χ2v) is 7.49. The molecule has 0 saturated carbocycles. The molecule has 2 aromatic heterocycles. The van der Waals surface area contributed by atoms with Gasteiger partial charge in [-0.1, -0.05) is 39.8 Å². The topological polar surface area (TPSA) is 73.9 Å². The van der Waals surface area contributed by atoms with E-state index >= 15 is 0 Å². The molecule has 0 aliphatic carbocycles. The molecule has 6 heteroatoms. The van der Waals surface area contributed by atoms with E-state index in [1.54, 1.807) is 12.5 Å². The monoisotopic (exact) mass is 316 g/mol. The van der Waals surface area contributed by atoms with Crippen LogP contribution in [0.2, 0.25) is 0 Å². The highest BCUT2D eigenvalue weighted by Gasteiger charge is 2.40. The lowest BCUT2D eigenvalue weighted by Crippen LogP contribution is -2.30. The van der Waals surface area contributed by atoms with Gasteiger partial charge < -0.3 is 9.26 Å². The summed E-state index contributed by atoms with van der Waals surface area (Å²) in [6.07, 6.45) is 4.32. The molecule has 0 amide bonds. The third kappa shape index (κ3) is 3.13. The highest BCUT2D eigenvalue weighted by Crippen LogP contribution is 2.40. The van der Waals surface area contributed by atoms with Crippen LogP contribution >= 0.6 is 0 Å². The standard InChI is InChI=1S/C17H24N4O2/c1-10(2)13-12(8-18-9-19-13)16-20-15(21-23-16)11-6-7-22-14(11)17(3,4)5/h8-11,14H,6-7H2,1-5H3/t11-,14-/m1/s1. The maximum Gasteiger partial charge on any atom is 0.261 e. The molecule has 0 spiro atoms. The molecule has 0 radical (unpaired) electrons. The van der Waals surface area contributed by atoms with Crippen LogP contribution < -0.4 is 0 Å². The molecule has 3 heterocycles. The molecule has 0 aromatic carbocycles. The van der Waals surface area contributed by atoms with E-state index in [0.717, 1.165) is 30.1 Å². The summed E-state index contributed by atoms with van der Waals surface area (Å²) in [5.74, 6) is 1.64. The molecule has 1 aliphatic heterocycles. The molecule has 1 aliphatic rings. The Morgan fingerprint density at radius 3 is 2.74 bits per heavy atom. The lowest BCUT2D eigenvalue weighted by Gasteiger charge is -2.29. The first-order valence-corrected chi connectivity index (χ1v) is 8.13. The zero-order chi connectivity index (χ0) is 16.6. The third-order valence-corrected chi connectivity index (χ3v) is 4.24. The zero-order valence-electron chi connectivity index (χ0n) is 14.4. The summed E-state index contributed by atoms with van der Waals surface area (Å²) in [6, 6.07) is 0. The van der Waals surface area contributed by atoms with Gasteiger partial charge in [0.2, 0.25) is 0 Å². The van der Waals surface area contributed by atoms with E-state index < -0.39 is 0 Å². The van der Waals surface area contributed by atoms with Gasteiger partial charge in [-0.05, 0) is 17.8 Å². The second kappa shape index (κ2) is 6.00. The van der Waals surface area contributed by atoms with Crippen molar-refractivity contribution in [1.29, 1.82) is 0 Å². The number of rotatable bonds is 3. The minimum Gasteiger partial charge on any atom is -0.377 e.